The number of amides is 3. The van der Waals surface area contributed by atoms with Gasteiger partial charge >= 0.3 is 35.5 Å². The molecule has 2 aromatic rings. The fourth-order valence-corrected chi connectivity index (χ4v) is 6.61. The second-order valence-corrected chi connectivity index (χ2v) is 11.5. The summed E-state index contributed by atoms with van der Waals surface area (Å²) in [6.07, 6.45) is 0. The van der Waals surface area contributed by atoms with Crippen LogP contribution in [0.3, 0.4) is 0 Å². The van der Waals surface area contributed by atoms with E-state index in [1.807, 2.05) is 0 Å². The summed E-state index contributed by atoms with van der Waals surface area (Å²) in [6, 6.07) is 2.06. The summed E-state index contributed by atoms with van der Waals surface area (Å²) in [7, 11) is 0. The number of hydrogen-bond donors (Lipinski definition) is 4. The third kappa shape index (κ3) is 5.09. The Balaban J connectivity index is 0.00000400. The van der Waals surface area contributed by atoms with Crippen LogP contribution < -0.4 is 45.3 Å². The SMILES string of the molecule is CC(=O)c1[nH]c(C)c(C(=O)NC(C(=O)N[C@@H]2C(=O)N3[C@@H]2SC(C)(C)[C@@H]3C(=O)O)c2ccc([O-])cc2)c1C.[Na+]. The van der Waals surface area contributed by atoms with Crippen molar-refractivity contribution in [3.8, 4) is 5.75 Å². The molecule has 13 heteroatoms. The Bertz CT molecular complexity index is 1320. The first kappa shape index (κ1) is 29.8. The third-order valence-corrected chi connectivity index (χ3v) is 8.31. The first-order valence-electron chi connectivity index (χ1n) is 11.6. The number of H-pyrrole nitrogens is 1. The van der Waals surface area contributed by atoms with Crippen LogP contribution >= 0.6 is 11.8 Å². The quantitative estimate of drug-likeness (QED) is 0.174. The Morgan fingerprint density at radius 3 is 2.29 bits per heavy atom. The number of aliphatic carboxylic acids is 1. The molecule has 1 aromatic heterocycles. The molecule has 2 aliphatic heterocycles. The molecule has 38 heavy (non-hydrogen) atoms. The molecule has 2 aliphatic rings. The molecule has 196 valence electrons. The number of carboxylic acid groups (broad SMARTS) is 1. The van der Waals surface area contributed by atoms with Gasteiger partial charge in [-0.2, -0.15) is 0 Å². The van der Waals surface area contributed by atoms with Crippen LogP contribution in [0, 0.1) is 13.8 Å². The Hall–Kier alpha value is -2.80. The molecule has 3 heterocycles. The van der Waals surface area contributed by atoms with E-state index in [2.05, 4.69) is 15.6 Å². The van der Waals surface area contributed by atoms with E-state index in [4.69, 9.17) is 0 Å². The van der Waals surface area contributed by atoms with Gasteiger partial charge in [-0.15, -0.1) is 17.5 Å². The number of thioether (sulfide) groups is 1. The van der Waals surface area contributed by atoms with E-state index >= 15 is 0 Å². The zero-order valence-corrected chi connectivity index (χ0v) is 24.7. The van der Waals surface area contributed by atoms with Crippen molar-refractivity contribution in [3.05, 3.63) is 52.3 Å². The van der Waals surface area contributed by atoms with Gasteiger partial charge in [-0.3, -0.25) is 19.2 Å². The van der Waals surface area contributed by atoms with Crippen LogP contribution in [-0.4, -0.2) is 66.7 Å². The summed E-state index contributed by atoms with van der Waals surface area (Å²) in [5.74, 6) is -3.49. The van der Waals surface area contributed by atoms with Gasteiger partial charge in [0.1, 0.15) is 23.5 Å². The molecule has 4 N–H and O–H groups in total. The smallest absolute Gasteiger partial charge is 0.872 e. The largest absolute Gasteiger partial charge is 1.00 e. The number of rotatable bonds is 7. The maximum absolute atomic E-state index is 13.4. The number of nitrogens with one attached hydrogen (secondary N) is 3. The van der Waals surface area contributed by atoms with Gasteiger partial charge in [-0.25, -0.2) is 4.79 Å². The first-order valence-corrected chi connectivity index (χ1v) is 12.4. The summed E-state index contributed by atoms with van der Waals surface area (Å²) in [6.45, 7) is 8.08. The summed E-state index contributed by atoms with van der Waals surface area (Å²) >= 11 is 1.28. The Morgan fingerprint density at radius 2 is 1.76 bits per heavy atom. The van der Waals surface area contributed by atoms with Crippen LogP contribution in [0.15, 0.2) is 24.3 Å². The number of carbonyl (C=O) groups excluding carboxylic acids is 4. The van der Waals surface area contributed by atoms with Gasteiger partial charge in [0.2, 0.25) is 11.8 Å². The van der Waals surface area contributed by atoms with Crippen molar-refractivity contribution in [2.75, 3.05) is 0 Å². The average molecular weight is 551 g/mol. The number of Topliss-reactive ketones (excluding diaryl/α,β-unsaturated/α-hetero) is 1. The van der Waals surface area contributed by atoms with Gasteiger partial charge in [-0.05, 0) is 38.8 Å². The maximum Gasteiger partial charge on any atom is 1.00 e. The molecule has 0 aliphatic carbocycles. The zero-order chi connectivity index (χ0) is 27.4. The number of benzene rings is 1. The van der Waals surface area contributed by atoms with Crippen LogP contribution in [-0.2, 0) is 14.4 Å². The van der Waals surface area contributed by atoms with Gasteiger partial charge in [0.25, 0.3) is 5.91 Å². The molecule has 0 bridgehead atoms. The van der Waals surface area contributed by atoms with Gasteiger partial charge in [0.15, 0.2) is 5.78 Å². The van der Waals surface area contributed by atoms with Crippen LogP contribution in [0.4, 0.5) is 0 Å². The number of fused-ring (bicyclic) bond motifs is 1. The molecule has 11 nitrogen and oxygen atoms in total. The van der Waals surface area contributed by atoms with E-state index in [1.54, 1.807) is 27.7 Å². The van der Waals surface area contributed by atoms with Gasteiger partial charge in [-0.1, -0.05) is 24.3 Å². The Kier molecular flexibility index (Phi) is 8.42. The van der Waals surface area contributed by atoms with Crippen LogP contribution in [0.2, 0.25) is 0 Å². The summed E-state index contributed by atoms with van der Waals surface area (Å²) in [4.78, 5) is 67.4. The van der Waals surface area contributed by atoms with Crippen molar-refractivity contribution in [2.24, 2.45) is 0 Å². The Morgan fingerprint density at radius 1 is 1.16 bits per heavy atom. The van der Waals surface area contributed by atoms with E-state index in [9.17, 15) is 34.2 Å². The molecule has 4 rings (SSSR count). The number of aromatic amines is 1. The minimum atomic E-state index is -1.26. The standard InChI is InChI=1S/C25H28N4O7S.Na/c1-10-15(11(2)26-16(10)12(3)30)20(32)27-17(13-6-8-14(31)9-7-13)21(33)28-18-22(34)29-19(24(35)36)25(4,5)37-23(18)29;/h6-9,17-19,23,26,31H,1-5H3,(H,27,32)(H,28,33)(H,35,36);/q;+1/p-1/t17?,18-,19+,23-;/m1./s1. The van der Waals surface area contributed by atoms with Crippen molar-refractivity contribution >= 4 is 41.2 Å². The van der Waals surface area contributed by atoms with E-state index in [0.717, 1.165) is 0 Å². The topological polar surface area (TPSA) is 172 Å². The van der Waals surface area contributed by atoms with Crippen molar-refractivity contribution < 1.29 is 63.7 Å². The predicted molar refractivity (Wildman–Crippen MR) is 132 cm³/mol. The number of ketones is 1. The molecule has 2 saturated heterocycles. The van der Waals surface area contributed by atoms with E-state index in [1.165, 1.54) is 47.9 Å². The maximum atomic E-state index is 13.4. The molecule has 0 saturated carbocycles. The van der Waals surface area contributed by atoms with Gasteiger partial charge in [0.05, 0.1) is 11.3 Å². The predicted octanol–water partition coefficient (Wildman–Crippen LogP) is -1.99. The zero-order valence-electron chi connectivity index (χ0n) is 21.9. The van der Waals surface area contributed by atoms with Crippen LogP contribution in [0.25, 0.3) is 0 Å². The van der Waals surface area contributed by atoms with Crippen LogP contribution in [0.1, 0.15) is 64.5 Å². The second kappa shape index (κ2) is 10.8. The van der Waals surface area contributed by atoms with E-state index in [0.29, 0.717) is 16.8 Å². The first-order chi connectivity index (χ1) is 17.2. The van der Waals surface area contributed by atoms with Crippen molar-refractivity contribution in [3.63, 3.8) is 0 Å². The normalized spacial score (nSPS) is 22.0. The molecule has 4 atom stereocenters. The van der Waals surface area contributed by atoms with E-state index < -0.39 is 51.9 Å². The fraction of sp³-hybridized carbons (Fsp3) is 0.400. The van der Waals surface area contributed by atoms with Crippen LogP contribution in [0.5, 0.6) is 5.75 Å². The van der Waals surface area contributed by atoms with Crippen molar-refractivity contribution in [1.29, 1.82) is 0 Å². The molecule has 3 amide bonds. The summed E-state index contributed by atoms with van der Waals surface area (Å²) in [5, 5.41) is 26.0. The summed E-state index contributed by atoms with van der Waals surface area (Å²) in [5.41, 5.74) is 1.70. The van der Waals surface area contributed by atoms with Crippen molar-refractivity contribution in [1.82, 2.24) is 20.5 Å². The number of carboxylic acids is 1. The third-order valence-electron chi connectivity index (χ3n) is 6.74. The van der Waals surface area contributed by atoms with Crippen molar-refractivity contribution in [2.45, 2.75) is 62.9 Å². The molecular weight excluding hydrogens is 523 g/mol. The molecule has 1 aromatic carbocycles. The molecular formula is C25H27N4NaO7S. The molecule has 0 spiro atoms. The minimum absolute atomic E-state index is 0. The average Bonchev–Trinajstić information content (AvgIpc) is 3.26. The molecule has 2 fully saturated rings. The number of β-lactam (4-membered cyclic amide) rings is 1. The number of aryl methyl sites for hydroxylation is 1. The fourth-order valence-electron chi connectivity index (χ4n) is 4.99. The number of aromatic nitrogens is 1. The second-order valence-electron chi connectivity index (χ2n) is 9.74. The molecule has 1 unspecified atom stereocenters. The van der Waals surface area contributed by atoms with E-state index in [-0.39, 0.29) is 52.3 Å². The number of nitrogens with zero attached hydrogens (tertiary/aromatic N) is 1. The van der Waals surface area contributed by atoms with Gasteiger partial charge in [0, 0.05) is 17.4 Å². The van der Waals surface area contributed by atoms with Gasteiger partial charge < -0.3 is 30.7 Å². The number of carbonyl (C=O) groups is 5. The Labute approximate surface area is 245 Å². The monoisotopic (exact) mass is 550 g/mol. The number of hydrogen-bond acceptors (Lipinski definition) is 7. The minimum Gasteiger partial charge on any atom is -0.872 e. The molecule has 0 radical (unpaired) electrons. The summed E-state index contributed by atoms with van der Waals surface area (Å²) < 4.78 is -0.763.